The summed E-state index contributed by atoms with van der Waals surface area (Å²) in [5.74, 6) is 5.92. The number of thiophene rings is 1. The molecule has 1 N–H and O–H groups in total. The first-order valence-corrected chi connectivity index (χ1v) is 7.25. The summed E-state index contributed by atoms with van der Waals surface area (Å²) in [7, 11) is 1.72. The van der Waals surface area contributed by atoms with Crippen LogP contribution in [0.15, 0.2) is 11.4 Å². The fraction of sp³-hybridized carbons (Fsp3) is 0.600. The number of methoxy groups -OCH3 is 1. The second kappa shape index (κ2) is 8.34. The molecule has 19 heavy (non-hydrogen) atoms. The molecule has 0 aromatic carbocycles. The Labute approximate surface area is 119 Å². The van der Waals surface area contributed by atoms with E-state index < -0.39 is 0 Å². The van der Waals surface area contributed by atoms with Crippen LogP contribution in [0.5, 0.6) is 0 Å². The molecule has 0 saturated carbocycles. The Morgan fingerprint density at radius 1 is 1.42 bits per heavy atom. The van der Waals surface area contributed by atoms with Crippen LogP contribution in [-0.4, -0.2) is 31.0 Å². The van der Waals surface area contributed by atoms with Gasteiger partial charge in [0.15, 0.2) is 0 Å². The summed E-state index contributed by atoms with van der Waals surface area (Å²) in [4.78, 5) is 1.17. The molecular formula is C15H22O3S. The van der Waals surface area contributed by atoms with Crippen LogP contribution in [-0.2, 0) is 16.1 Å². The number of aliphatic hydroxyl groups excluding tert-OH is 1. The van der Waals surface area contributed by atoms with Gasteiger partial charge in [0.2, 0.25) is 0 Å². The van der Waals surface area contributed by atoms with Crippen molar-refractivity contribution in [3.63, 3.8) is 0 Å². The summed E-state index contributed by atoms with van der Waals surface area (Å²) in [5.41, 5.74) is 0.866. The summed E-state index contributed by atoms with van der Waals surface area (Å²) in [5, 5.41) is 10.7. The largest absolute Gasteiger partial charge is 0.395 e. The van der Waals surface area contributed by atoms with Gasteiger partial charge < -0.3 is 14.6 Å². The lowest BCUT2D eigenvalue weighted by Gasteiger charge is -2.22. The molecule has 0 aliphatic carbocycles. The average Bonchev–Trinajstić information content (AvgIpc) is 2.83. The van der Waals surface area contributed by atoms with E-state index in [1.54, 1.807) is 18.4 Å². The summed E-state index contributed by atoms with van der Waals surface area (Å²) in [6.45, 7) is 5.52. The van der Waals surface area contributed by atoms with Gasteiger partial charge in [0.1, 0.15) is 0 Å². The molecule has 0 aliphatic heterocycles. The maximum Gasteiger partial charge on any atom is 0.0809 e. The lowest BCUT2D eigenvalue weighted by molar-refractivity contribution is -0.0121. The minimum Gasteiger partial charge on any atom is -0.395 e. The zero-order valence-electron chi connectivity index (χ0n) is 11.9. The standard InChI is InChI=1S/C15H22O3S/c1-15(2,17-3)7-9-18-11-14-10-13(12-19-14)6-4-5-8-16/h10,12,16H,5,7-9,11H2,1-3H3. The predicted molar refractivity (Wildman–Crippen MR) is 78.3 cm³/mol. The molecule has 1 rings (SSSR count). The van der Waals surface area contributed by atoms with Crippen molar-refractivity contribution in [1.82, 2.24) is 0 Å². The number of rotatable bonds is 7. The number of ether oxygens (including phenoxy) is 2. The fourth-order valence-electron chi connectivity index (χ4n) is 1.34. The molecule has 4 heteroatoms. The highest BCUT2D eigenvalue weighted by Crippen LogP contribution is 2.17. The third kappa shape index (κ3) is 6.74. The Morgan fingerprint density at radius 3 is 2.89 bits per heavy atom. The Balaban J connectivity index is 2.29. The Kier molecular flexibility index (Phi) is 7.11. The minimum absolute atomic E-state index is 0.113. The highest BCUT2D eigenvalue weighted by Gasteiger charge is 2.15. The Bertz CT molecular complexity index is 426. The molecular weight excluding hydrogens is 260 g/mol. The zero-order valence-corrected chi connectivity index (χ0v) is 12.7. The van der Waals surface area contributed by atoms with Crippen molar-refractivity contribution in [2.24, 2.45) is 0 Å². The minimum atomic E-state index is -0.129. The van der Waals surface area contributed by atoms with Gasteiger partial charge in [0.25, 0.3) is 0 Å². The highest BCUT2D eigenvalue weighted by atomic mass is 32.1. The van der Waals surface area contributed by atoms with E-state index in [0.29, 0.717) is 19.6 Å². The molecule has 0 unspecified atom stereocenters. The summed E-state index contributed by atoms with van der Waals surface area (Å²) in [6, 6.07) is 2.04. The van der Waals surface area contributed by atoms with Crippen LogP contribution >= 0.6 is 11.3 Å². The van der Waals surface area contributed by atoms with Crippen LogP contribution in [0.25, 0.3) is 0 Å². The molecule has 0 spiro atoms. The third-order valence-corrected chi connectivity index (χ3v) is 3.68. The number of hydrogen-bond donors (Lipinski definition) is 1. The summed E-state index contributed by atoms with van der Waals surface area (Å²) < 4.78 is 11.0. The zero-order chi connectivity index (χ0) is 14.1. The van der Waals surface area contributed by atoms with Crippen molar-refractivity contribution in [1.29, 1.82) is 0 Å². The van der Waals surface area contributed by atoms with E-state index in [2.05, 4.69) is 25.7 Å². The van der Waals surface area contributed by atoms with Crippen molar-refractivity contribution >= 4 is 11.3 Å². The molecule has 0 atom stereocenters. The maximum absolute atomic E-state index is 8.65. The quantitative estimate of drug-likeness (QED) is 0.617. The van der Waals surface area contributed by atoms with Crippen LogP contribution in [0.4, 0.5) is 0 Å². The van der Waals surface area contributed by atoms with Gasteiger partial charge in [-0.3, -0.25) is 0 Å². The summed E-state index contributed by atoms with van der Waals surface area (Å²) in [6.07, 6.45) is 1.39. The second-order valence-corrected chi connectivity index (χ2v) is 5.84. The Hall–Kier alpha value is -0.860. The van der Waals surface area contributed by atoms with Gasteiger partial charge in [0.05, 0.1) is 18.8 Å². The lowest BCUT2D eigenvalue weighted by Crippen LogP contribution is -2.24. The first kappa shape index (κ1) is 16.2. The van der Waals surface area contributed by atoms with Crippen LogP contribution in [0.1, 0.15) is 37.1 Å². The van der Waals surface area contributed by atoms with Crippen molar-refractivity contribution in [2.75, 3.05) is 20.3 Å². The number of aliphatic hydroxyl groups is 1. The van der Waals surface area contributed by atoms with Crippen molar-refractivity contribution in [3.8, 4) is 11.8 Å². The van der Waals surface area contributed by atoms with Crippen molar-refractivity contribution < 1.29 is 14.6 Å². The van der Waals surface area contributed by atoms with Crippen molar-refractivity contribution in [2.45, 2.75) is 38.9 Å². The normalized spacial score (nSPS) is 11.2. The van der Waals surface area contributed by atoms with Gasteiger partial charge in [0, 0.05) is 36.0 Å². The van der Waals surface area contributed by atoms with E-state index in [1.165, 1.54) is 4.88 Å². The van der Waals surface area contributed by atoms with Gasteiger partial charge in [-0.05, 0) is 26.3 Å². The van der Waals surface area contributed by atoms with Crippen LogP contribution in [0.2, 0.25) is 0 Å². The van der Waals surface area contributed by atoms with E-state index in [1.807, 2.05) is 11.4 Å². The molecule has 3 nitrogen and oxygen atoms in total. The van der Waals surface area contributed by atoms with Gasteiger partial charge in [-0.25, -0.2) is 0 Å². The number of hydrogen-bond acceptors (Lipinski definition) is 4. The molecule has 0 aliphatic rings. The van der Waals surface area contributed by atoms with E-state index in [-0.39, 0.29) is 12.2 Å². The first-order valence-electron chi connectivity index (χ1n) is 6.37. The summed E-state index contributed by atoms with van der Waals surface area (Å²) >= 11 is 1.65. The van der Waals surface area contributed by atoms with Gasteiger partial charge in [-0.2, -0.15) is 0 Å². The first-order chi connectivity index (χ1) is 9.07. The molecule has 0 fully saturated rings. The van der Waals surface area contributed by atoms with E-state index in [4.69, 9.17) is 14.6 Å². The van der Waals surface area contributed by atoms with Gasteiger partial charge >= 0.3 is 0 Å². The average molecular weight is 282 g/mol. The highest BCUT2D eigenvalue weighted by molar-refractivity contribution is 7.10. The van der Waals surface area contributed by atoms with Crippen molar-refractivity contribution in [3.05, 3.63) is 21.9 Å². The SMILES string of the molecule is COC(C)(C)CCOCc1cc(C#CCCO)cs1. The van der Waals surface area contributed by atoms with E-state index >= 15 is 0 Å². The molecule has 1 heterocycles. The van der Waals surface area contributed by atoms with Crippen LogP contribution in [0, 0.1) is 11.8 Å². The third-order valence-electron chi connectivity index (χ3n) is 2.77. The maximum atomic E-state index is 8.65. The molecule has 1 aromatic rings. The molecule has 0 amide bonds. The molecule has 106 valence electrons. The van der Waals surface area contributed by atoms with E-state index in [0.717, 1.165) is 12.0 Å². The van der Waals surface area contributed by atoms with E-state index in [9.17, 15) is 0 Å². The predicted octanol–water partition coefficient (Wildman–Crippen LogP) is 2.81. The molecule has 0 saturated heterocycles. The fourth-order valence-corrected chi connectivity index (χ4v) is 2.09. The lowest BCUT2D eigenvalue weighted by atomic mass is 10.1. The molecule has 1 aromatic heterocycles. The second-order valence-electron chi connectivity index (χ2n) is 4.84. The topological polar surface area (TPSA) is 38.7 Å². The molecule has 0 radical (unpaired) electrons. The molecule has 0 bridgehead atoms. The van der Waals surface area contributed by atoms with Crippen LogP contribution < -0.4 is 0 Å². The smallest absolute Gasteiger partial charge is 0.0809 e. The van der Waals surface area contributed by atoms with Crippen LogP contribution in [0.3, 0.4) is 0 Å². The Morgan fingerprint density at radius 2 is 2.21 bits per heavy atom. The monoisotopic (exact) mass is 282 g/mol. The van der Waals surface area contributed by atoms with Gasteiger partial charge in [-0.1, -0.05) is 11.8 Å². The van der Waals surface area contributed by atoms with Gasteiger partial charge in [-0.15, -0.1) is 11.3 Å².